The molecule has 0 aliphatic rings. The number of carbonyl (C=O) groups excluding carboxylic acids is 4. The fourth-order valence-corrected chi connectivity index (χ4v) is 4.92. The molecule has 0 aromatic heterocycles. The summed E-state index contributed by atoms with van der Waals surface area (Å²) in [6.45, 7) is 8.44. The summed E-state index contributed by atoms with van der Waals surface area (Å²) in [5.41, 5.74) is 5.08. The van der Waals surface area contributed by atoms with Crippen molar-refractivity contribution in [2.24, 2.45) is 0 Å². The molecule has 0 unspecified atom stereocenters. The summed E-state index contributed by atoms with van der Waals surface area (Å²) in [5, 5.41) is 2.09. The molecule has 286 valence electrons. The van der Waals surface area contributed by atoms with Gasteiger partial charge in [-0.1, -0.05) is 55.0 Å². The minimum Gasteiger partial charge on any atom is -0.489 e. The Kier molecular flexibility index (Phi) is 14.6. The topological polar surface area (TPSA) is 133 Å². The van der Waals surface area contributed by atoms with Crippen LogP contribution in [0.4, 0.5) is 9.59 Å². The van der Waals surface area contributed by atoms with E-state index in [1.54, 1.807) is 48.5 Å². The van der Waals surface area contributed by atoms with Crippen LogP contribution in [0.3, 0.4) is 0 Å². The molecule has 0 atom stereocenters. The zero-order valence-corrected chi connectivity index (χ0v) is 30.9. The molecule has 0 N–H and O–H groups in total. The number of hydrogen-bond donors (Lipinski definition) is 0. The number of carbonyl (C=O) groups is 4. The van der Waals surface area contributed by atoms with Gasteiger partial charge in [0.25, 0.3) is 0 Å². The van der Waals surface area contributed by atoms with Crippen molar-refractivity contribution in [2.75, 3.05) is 26.4 Å². The third kappa shape index (κ3) is 13.2. The Morgan fingerprint density at radius 2 is 0.965 bits per heavy atom. The van der Waals surface area contributed by atoms with Gasteiger partial charge in [0.1, 0.15) is 50.3 Å². The van der Waals surface area contributed by atoms with E-state index in [0.717, 1.165) is 62.1 Å². The molecule has 0 aliphatic heterocycles. The molecule has 0 saturated carbocycles. The van der Waals surface area contributed by atoms with Crippen molar-refractivity contribution in [2.45, 2.75) is 13.5 Å². The van der Waals surface area contributed by atoms with Crippen LogP contribution < -0.4 is 14.2 Å². The molecule has 0 spiro atoms. The molecule has 0 fully saturated rings. The highest BCUT2D eigenvalue weighted by molar-refractivity contribution is 5.84. The summed E-state index contributed by atoms with van der Waals surface area (Å²) in [5.74, 6) is 12.7. The van der Waals surface area contributed by atoms with Gasteiger partial charge in [-0.25, -0.2) is 19.2 Å². The fourth-order valence-electron chi connectivity index (χ4n) is 4.92. The van der Waals surface area contributed by atoms with Crippen molar-refractivity contribution in [3.63, 3.8) is 0 Å². The predicted octanol–water partition coefficient (Wildman–Crippen LogP) is 8.02. The first-order valence-corrected chi connectivity index (χ1v) is 17.5. The molecule has 0 heterocycles. The molecule has 0 amide bonds. The highest BCUT2D eigenvalue weighted by atomic mass is 16.7. The van der Waals surface area contributed by atoms with Crippen LogP contribution in [0.1, 0.15) is 33.4 Å². The lowest BCUT2D eigenvalue weighted by molar-refractivity contribution is -0.139. The number of benzene rings is 5. The SMILES string of the molecule is C=CC(=O)OCCOC(=O)Oc1ccc(C#Cc2ccc(OCc3ccc4cc(C#Cc5ccc(OC(=O)OCCOC(=O)C=C)cc5)ccc4c3)c(C)c2)cc1. The number of rotatable bonds is 13. The number of fused-ring (bicyclic) bond motifs is 1. The molecule has 57 heavy (non-hydrogen) atoms. The molecule has 5 aromatic carbocycles. The van der Waals surface area contributed by atoms with Crippen LogP contribution in [-0.2, 0) is 35.1 Å². The largest absolute Gasteiger partial charge is 0.513 e. The van der Waals surface area contributed by atoms with E-state index in [2.05, 4.69) is 42.9 Å². The van der Waals surface area contributed by atoms with Crippen LogP contribution in [0.5, 0.6) is 17.2 Å². The zero-order chi connectivity index (χ0) is 40.4. The molecule has 5 rings (SSSR count). The third-order valence-electron chi connectivity index (χ3n) is 7.72. The second-order valence-corrected chi connectivity index (χ2v) is 11.9. The van der Waals surface area contributed by atoms with Crippen molar-refractivity contribution in [1.82, 2.24) is 0 Å². The first-order valence-electron chi connectivity index (χ1n) is 17.5. The lowest BCUT2D eigenvalue weighted by atomic mass is 10.0. The molecule has 11 nitrogen and oxygen atoms in total. The molecule has 0 bridgehead atoms. The molecule has 11 heteroatoms. The second kappa shape index (κ2) is 20.6. The molecule has 0 saturated heterocycles. The van der Waals surface area contributed by atoms with Crippen molar-refractivity contribution in [3.8, 4) is 40.9 Å². The van der Waals surface area contributed by atoms with E-state index in [0.29, 0.717) is 6.61 Å². The van der Waals surface area contributed by atoms with Crippen LogP contribution in [-0.4, -0.2) is 50.7 Å². The van der Waals surface area contributed by atoms with Crippen LogP contribution >= 0.6 is 0 Å². The monoisotopic (exact) mass is 764 g/mol. The third-order valence-corrected chi connectivity index (χ3v) is 7.72. The predicted molar refractivity (Wildman–Crippen MR) is 211 cm³/mol. The van der Waals surface area contributed by atoms with E-state index in [9.17, 15) is 19.2 Å². The van der Waals surface area contributed by atoms with Gasteiger partial charge in [0.2, 0.25) is 0 Å². The first-order chi connectivity index (χ1) is 27.7. The minimum absolute atomic E-state index is 0.0993. The lowest BCUT2D eigenvalue weighted by Crippen LogP contribution is -2.15. The van der Waals surface area contributed by atoms with Gasteiger partial charge in [-0.2, -0.15) is 0 Å². The maximum absolute atomic E-state index is 11.8. The van der Waals surface area contributed by atoms with E-state index >= 15 is 0 Å². The average molecular weight is 765 g/mol. The molecular weight excluding hydrogens is 728 g/mol. The Hall–Kier alpha value is -7.76. The zero-order valence-electron chi connectivity index (χ0n) is 30.9. The van der Waals surface area contributed by atoms with Crippen LogP contribution in [0.2, 0.25) is 0 Å². The lowest BCUT2D eigenvalue weighted by Gasteiger charge is -2.10. The van der Waals surface area contributed by atoms with Crippen LogP contribution in [0.15, 0.2) is 128 Å². The average Bonchev–Trinajstić information content (AvgIpc) is 3.22. The van der Waals surface area contributed by atoms with Gasteiger partial charge in [-0.3, -0.25) is 0 Å². The summed E-state index contributed by atoms with van der Waals surface area (Å²) in [6, 6.07) is 31.2. The van der Waals surface area contributed by atoms with E-state index < -0.39 is 24.2 Å². The normalized spacial score (nSPS) is 9.98. The fraction of sp³-hybridized carbons (Fsp3) is 0.130. The number of esters is 2. The highest BCUT2D eigenvalue weighted by Gasteiger charge is 2.09. The standard InChI is InChI=1S/C46H36O11/c1-4-43(47)51-24-26-53-45(49)56-40-19-12-33(13-20-40)6-8-35-16-23-42(32(3)28-35)55-31-37-11-18-38-29-36(10-17-39(38)30-37)9-7-34-14-21-41(22-15-34)57-46(50)54-27-25-52-44(48)5-2/h4-5,10-23,28-30H,1-2,24-27,31H2,3H3. The van der Waals surface area contributed by atoms with E-state index in [4.69, 9.17) is 33.2 Å². The van der Waals surface area contributed by atoms with Gasteiger partial charge in [-0.15, -0.1) is 0 Å². The Morgan fingerprint density at radius 1 is 0.526 bits per heavy atom. The van der Waals surface area contributed by atoms with E-state index in [1.165, 1.54) is 0 Å². The van der Waals surface area contributed by atoms with Gasteiger partial charge in [0.15, 0.2) is 0 Å². The summed E-state index contributed by atoms with van der Waals surface area (Å²) < 4.78 is 35.6. The van der Waals surface area contributed by atoms with Crippen LogP contribution in [0.25, 0.3) is 10.8 Å². The first kappa shape index (κ1) is 40.4. The highest BCUT2D eigenvalue weighted by Crippen LogP contribution is 2.23. The summed E-state index contributed by atoms with van der Waals surface area (Å²) in [4.78, 5) is 45.7. The van der Waals surface area contributed by atoms with Crippen LogP contribution in [0, 0.1) is 30.6 Å². The van der Waals surface area contributed by atoms with Gasteiger partial charge in [0, 0.05) is 34.4 Å². The summed E-state index contributed by atoms with van der Waals surface area (Å²) >= 11 is 0. The maximum atomic E-state index is 11.8. The van der Waals surface area contributed by atoms with Gasteiger partial charge < -0.3 is 33.2 Å². The second-order valence-electron chi connectivity index (χ2n) is 11.9. The molecule has 0 aliphatic carbocycles. The van der Waals surface area contributed by atoms with Crippen molar-refractivity contribution in [3.05, 3.63) is 162 Å². The van der Waals surface area contributed by atoms with Crippen molar-refractivity contribution < 1.29 is 52.3 Å². The van der Waals surface area contributed by atoms with E-state index in [1.807, 2.05) is 55.5 Å². The number of hydrogen-bond acceptors (Lipinski definition) is 11. The summed E-state index contributed by atoms with van der Waals surface area (Å²) in [7, 11) is 0. The maximum Gasteiger partial charge on any atom is 0.513 e. The summed E-state index contributed by atoms with van der Waals surface area (Å²) in [6.07, 6.45) is 0.212. The molecule has 0 radical (unpaired) electrons. The van der Waals surface area contributed by atoms with Gasteiger partial charge in [0.05, 0.1) is 0 Å². The van der Waals surface area contributed by atoms with Gasteiger partial charge >= 0.3 is 24.2 Å². The Bertz CT molecular complexity index is 2390. The number of aryl methyl sites for hydroxylation is 1. The molecule has 5 aromatic rings. The van der Waals surface area contributed by atoms with Crippen molar-refractivity contribution in [1.29, 1.82) is 0 Å². The minimum atomic E-state index is -0.915. The quantitative estimate of drug-likeness (QED) is 0.0288. The molecular formula is C46H36O11. The Labute approximate surface area is 329 Å². The Balaban J connectivity index is 1.08. The Morgan fingerprint density at radius 3 is 1.49 bits per heavy atom. The van der Waals surface area contributed by atoms with Crippen molar-refractivity contribution >= 4 is 35.0 Å². The smallest absolute Gasteiger partial charge is 0.489 e. The van der Waals surface area contributed by atoms with E-state index in [-0.39, 0.29) is 37.9 Å². The number of ether oxygens (including phenoxy) is 7. The van der Waals surface area contributed by atoms with Gasteiger partial charge in [-0.05, 0) is 114 Å².